The van der Waals surface area contributed by atoms with Crippen molar-refractivity contribution in [3.8, 4) is 0 Å². The summed E-state index contributed by atoms with van der Waals surface area (Å²) in [4.78, 5) is 3.51. The number of pyridine rings is 1. The summed E-state index contributed by atoms with van der Waals surface area (Å²) in [6.45, 7) is 4.00. The monoisotopic (exact) mass is 859 g/mol. The van der Waals surface area contributed by atoms with Crippen LogP contribution in [0, 0.1) is 222 Å². The molecule has 0 aromatic carbocycles. The third-order valence-electron chi connectivity index (χ3n) is 4.63. The van der Waals surface area contributed by atoms with E-state index in [0.717, 1.165) is 26.4 Å². The minimum Gasteiger partial charge on any atom is -0.482 e. The maximum Gasteiger partial charge on any atom is 3.00 e. The number of rotatable bonds is 0. The first-order chi connectivity index (χ1) is 18.8. The van der Waals surface area contributed by atoms with E-state index in [9.17, 15) is 0 Å². The molecule has 6 fully saturated rings. The second-order valence-corrected chi connectivity index (χ2v) is 7.90. The van der Waals surface area contributed by atoms with Gasteiger partial charge in [0.25, 0.3) is 0 Å². The average Bonchev–Trinajstić information content (AvgIpc) is 3.85. The summed E-state index contributed by atoms with van der Waals surface area (Å²) in [7, 11) is 0. The number of hydrogen-bond acceptors (Lipinski definition) is 3. The molecular weight excluding hydrogens is 816 g/mol. The molecular formula is C33H41N3O2Yb2+4. The molecule has 40 heavy (non-hydrogen) atoms. The fourth-order valence-electron chi connectivity index (χ4n) is 2.74. The van der Waals surface area contributed by atoms with Crippen LogP contribution in [0.1, 0.15) is 25.7 Å². The molecule has 2 saturated heterocycles. The predicted molar refractivity (Wildman–Crippen MR) is 158 cm³/mol. The van der Waals surface area contributed by atoms with Gasteiger partial charge >= 0.3 is 93.8 Å². The van der Waals surface area contributed by atoms with Crippen LogP contribution in [-0.2, 0) is 9.47 Å². The molecule has 2 aliphatic heterocycles. The Morgan fingerprint density at radius 1 is 0.400 bits per heavy atom. The first kappa shape index (κ1) is 43.8. The predicted octanol–water partition coefficient (Wildman–Crippen LogP) is 8.13. The first-order valence-electron chi connectivity index (χ1n) is 13.0. The van der Waals surface area contributed by atoms with Gasteiger partial charge in [-0.05, 0) is 154 Å². The quantitative estimate of drug-likeness (QED) is 0.265. The van der Waals surface area contributed by atoms with Crippen LogP contribution < -0.4 is 0 Å². The first-order valence-corrected chi connectivity index (χ1v) is 13.0. The summed E-state index contributed by atoms with van der Waals surface area (Å²) in [6, 6.07) is 4.72. The van der Waals surface area contributed by atoms with Gasteiger partial charge in [-0.3, -0.25) is 0 Å². The molecule has 6 aliphatic rings. The summed E-state index contributed by atoms with van der Waals surface area (Å²) in [5, 5.41) is 0. The maximum atomic E-state index is 6.90. The second kappa shape index (κ2) is 36.9. The van der Waals surface area contributed by atoms with Crippen molar-refractivity contribution in [3.63, 3.8) is 0 Å². The Bertz CT molecular complexity index is 446. The van der Waals surface area contributed by atoms with Gasteiger partial charge in [0, 0.05) is 26.4 Å². The van der Waals surface area contributed by atoms with Gasteiger partial charge in [0.1, 0.15) is 0 Å². The third kappa shape index (κ3) is 34.2. The Hall–Kier alpha value is 1.71. The van der Waals surface area contributed by atoms with Crippen molar-refractivity contribution in [3.05, 3.63) is 158 Å². The SMILES string of the molecule is C1CCOC1.C1CCOC1.[CH]1[CH][CH][CH][CH]1.[CH]1[CH][CH][CH][CH]1.[CH]1[CH][CH][CH][CH]1.[CH]1[CH][CH][CH][CH]1.[NH-]c1cccc([NH-])n1.[Yb+3].[Yb+3]. The summed E-state index contributed by atoms with van der Waals surface area (Å²) in [5.74, 6) is 0.301. The minimum atomic E-state index is 0. The summed E-state index contributed by atoms with van der Waals surface area (Å²) in [6.07, 6.45) is 45.1. The molecule has 4 saturated carbocycles. The molecule has 3 heterocycles. The summed E-state index contributed by atoms with van der Waals surface area (Å²) < 4.78 is 9.89. The van der Waals surface area contributed by atoms with Crippen LogP contribution in [0.3, 0.4) is 0 Å². The van der Waals surface area contributed by atoms with Gasteiger partial charge in [-0.2, -0.15) is 0 Å². The van der Waals surface area contributed by atoms with Gasteiger partial charge in [0.15, 0.2) is 0 Å². The fraction of sp³-hybridized carbons (Fsp3) is 0.242. The molecule has 1 aromatic rings. The van der Waals surface area contributed by atoms with Crippen molar-refractivity contribution >= 4 is 11.6 Å². The zero-order valence-electron chi connectivity index (χ0n) is 22.7. The fourth-order valence-corrected chi connectivity index (χ4v) is 2.74. The number of aromatic nitrogens is 1. The van der Waals surface area contributed by atoms with Crippen molar-refractivity contribution in [1.29, 1.82) is 0 Å². The van der Waals surface area contributed by atoms with Crippen molar-refractivity contribution < 1.29 is 103 Å². The van der Waals surface area contributed by atoms with E-state index in [4.69, 9.17) is 20.9 Å². The van der Waals surface area contributed by atoms with E-state index in [-0.39, 0.29) is 105 Å². The van der Waals surface area contributed by atoms with Crippen molar-refractivity contribution in [2.75, 3.05) is 26.4 Å². The van der Waals surface area contributed by atoms with Crippen LogP contribution in [0.4, 0.5) is 11.6 Å². The minimum absolute atomic E-state index is 0. The topological polar surface area (TPSA) is 79.0 Å². The molecule has 2 N–H and O–H groups in total. The molecule has 0 amide bonds. The van der Waals surface area contributed by atoms with Crippen molar-refractivity contribution in [1.82, 2.24) is 4.98 Å². The van der Waals surface area contributed by atoms with Crippen LogP contribution in [0.2, 0.25) is 0 Å². The molecule has 0 bridgehead atoms. The van der Waals surface area contributed by atoms with Gasteiger partial charge in [0.05, 0.1) is 0 Å². The van der Waals surface area contributed by atoms with E-state index in [1.165, 1.54) is 37.8 Å². The van der Waals surface area contributed by atoms with Gasteiger partial charge in [-0.15, -0.1) is 0 Å². The zero-order valence-corrected chi connectivity index (χ0v) is 26.2. The van der Waals surface area contributed by atoms with Crippen LogP contribution >= 0.6 is 0 Å². The zero-order chi connectivity index (χ0) is 27.2. The third-order valence-corrected chi connectivity index (χ3v) is 4.63. The second-order valence-electron chi connectivity index (χ2n) is 7.90. The number of hydrogen-bond donors (Lipinski definition) is 0. The Morgan fingerprint density at radius 3 is 0.700 bits per heavy atom. The molecule has 22 radical (unpaired) electrons. The normalized spacial score (nSPS) is 19.8. The number of ether oxygens (including phenoxy) is 2. The van der Waals surface area contributed by atoms with E-state index in [1.807, 2.05) is 128 Å². The summed E-state index contributed by atoms with van der Waals surface area (Å²) in [5.41, 5.74) is 13.8. The van der Waals surface area contributed by atoms with E-state index < -0.39 is 0 Å². The Balaban J connectivity index is 0. The molecule has 4 aliphatic carbocycles. The van der Waals surface area contributed by atoms with Crippen LogP contribution in [0.15, 0.2) is 18.2 Å². The number of nitrogens with one attached hydrogen (secondary N) is 2. The van der Waals surface area contributed by atoms with Crippen LogP contribution in [-0.4, -0.2) is 31.4 Å². The molecule has 1 aromatic heterocycles. The van der Waals surface area contributed by atoms with E-state index in [0.29, 0.717) is 0 Å². The van der Waals surface area contributed by atoms with E-state index >= 15 is 0 Å². The molecule has 5 nitrogen and oxygen atoms in total. The Morgan fingerprint density at radius 2 is 0.600 bits per heavy atom. The molecule has 0 atom stereocenters. The molecule has 224 valence electrons. The molecule has 0 spiro atoms. The Labute approximate surface area is 325 Å². The molecule has 0 unspecified atom stereocenters. The van der Waals surface area contributed by atoms with Crippen molar-refractivity contribution in [2.45, 2.75) is 25.7 Å². The van der Waals surface area contributed by atoms with Gasteiger partial charge < -0.3 is 25.9 Å². The Kier molecular flexibility index (Phi) is 40.4. The largest absolute Gasteiger partial charge is 3.00 e. The van der Waals surface area contributed by atoms with E-state index in [1.54, 1.807) is 6.07 Å². The number of nitrogens with zero attached hydrogens (tertiary/aromatic N) is 1. The van der Waals surface area contributed by atoms with Crippen molar-refractivity contribution in [2.24, 2.45) is 0 Å². The van der Waals surface area contributed by atoms with Gasteiger partial charge in [-0.25, -0.2) is 0 Å². The van der Waals surface area contributed by atoms with E-state index in [2.05, 4.69) is 4.98 Å². The van der Waals surface area contributed by atoms with Crippen LogP contribution in [0.25, 0.3) is 11.5 Å². The smallest absolute Gasteiger partial charge is 0.482 e. The standard InChI is InChI=1S/C5H5N3.4C5H5.2C4H8O.2Yb/c6-4-2-1-3-5(7)8-4;6*1-2-4-5-3-1;;/h1-3H,(H2-2,6,7,8);4*1-5H;2*1-4H2;;/q-2;;;;;;;2*+3. The summed E-state index contributed by atoms with van der Waals surface area (Å²) >= 11 is 0. The average molecular weight is 858 g/mol. The van der Waals surface area contributed by atoms with Crippen LogP contribution in [0.5, 0.6) is 0 Å². The van der Waals surface area contributed by atoms with Gasteiger partial charge in [-0.1, -0.05) is 29.8 Å². The molecule has 7 heteroatoms. The van der Waals surface area contributed by atoms with Gasteiger partial charge in [0.2, 0.25) is 0 Å². The molecule has 7 rings (SSSR count). The maximum absolute atomic E-state index is 6.90.